The molecule has 1 atom stereocenters. The Balaban J connectivity index is 2.42. The summed E-state index contributed by atoms with van der Waals surface area (Å²) in [4.78, 5) is 0. The van der Waals surface area contributed by atoms with Crippen LogP contribution in [0.15, 0.2) is 24.3 Å². The van der Waals surface area contributed by atoms with E-state index in [0.29, 0.717) is 5.92 Å². The zero-order valence-corrected chi connectivity index (χ0v) is 15.2. The monoisotopic (exact) mass is 291 g/mol. The quantitative estimate of drug-likeness (QED) is 0.733. The number of aryl methyl sites for hydroxylation is 3. The number of hydrogen-bond donors (Lipinski definition) is 0. The second-order valence-corrected chi connectivity index (χ2v) is 6.76. The van der Waals surface area contributed by atoms with Gasteiger partial charge in [0.2, 0.25) is 0 Å². The van der Waals surface area contributed by atoms with Crippen LogP contribution in [0.3, 0.4) is 0 Å². The van der Waals surface area contributed by atoms with Crippen LogP contribution in [0.1, 0.15) is 59.6 Å². The van der Waals surface area contributed by atoms with Gasteiger partial charge in [-0.05, 0) is 58.1 Å². The minimum Gasteiger partial charge on any atom is -0.0783 e. The summed E-state index contributed by atoms with van der Waals surface area (Å²) in [5, 5.41) is 0. The molecule has 1 heteroatoms. The Bertz CT molecular complexity index is 660. The normalized spacial score (nSPS) is 12.3. The van der Waals surface area contributed by atoms with Gasteiger partial charge in [0.05, 0.1) is 0 Å². The maximum absolute atomic E-state index is 2.35. The first kappa shape index (κ1) is 16.9. The lowest BCUT2D eigenvalue weighted by atomic mass is 9.59. The molecule has 0 aliphatic rings. The molecule has 0 aliphatic heterocycles. The lowest BCUT2D eigenvalue weighted by molar-refractivity contribution is 0.727. The minimum absolute atomic E-state index is 0.635. The molecule has 0 bridgehead atoms. The highest BCUT2D eigenvalue weighted by molar-refractivity contribution is 6.68. The van der Waals surface area contributed by atoms with Crippen LogP contribution in [0.4, 0.5) is 0 Å². The fourth-order valence-corrected chi connectivity index (χ4v) is 3.35. The average Bonchev–Trinajstić information content (AvgIpc) is 2.46. The summed E-state index contributed by atoms with van der Waals surface area (Å²) in [6.07, 6.45) is 1.19. The van der Waals surface area contributed by atoms with Gasteiger partial charge in [0.25, 0.3) is 0 Å². The first-order valence-corrected chi connectivity index (χ1v) is 8.37. The van der Waals surface area contributed by atoms with Crippen molar-refractivity contribution >= 4 is 18.2 Å². The Morgan fingerprint density at radius 3 is 2.05 bits per heavy atom. The molecule has 0 heterocycles. The topological polar surface area (TPSA) is 0 Å². The Kier molecular flexibility index (Phi) is 5.16. The summed E-state index contributed by atoms with van der Waals surface area (Å²) >= 11 is 0. The van der Waals surface area contributed by atoms with Gasteiger partial charge in [-0.1, -0.05) is 71.3 Å². The van der Waals surface area contributed by atoms with Crippen molar-refractivity contribution in [2.24, 2.45) is 0 Å². The fraction of sp³-hybridized carbons (Fsp3) is 0.429. The Morgan fingerprint density at radius 2 is 1.50 bits per heavy atom. The lowest BCUT2D eigenvalue weighted by Crippen LogP contribution is -2.33. The van der Waals surface area contributed by atoms with Crippen LogP contribution in [0, 0.1) is 34.6 Å². The van der Waals surface area contributed by atoms with Crippen LogP contribution in [-0.2, 0) is 0 Å². The molecule has 0 amide bonds. The summed E-state index contributed by atoms with van der Waals surface area (Å²) in [5.41, 5.74) is 11.1. The zero-order valence-electron chi connectivity index (χ0n) is 15.2. The molecule has 1 radical (unpaired) electrons. The molecule has 0 nitrogen and oxygen atoms in total. The van der Waals surface area contributed by atoms with E-state index in [4.69, 9.17) is 0 Å². The van der Waals surface area contributed by atoms with Gasteiger partial charge >= 0.3 is 0 Å². The fourth-order valence-electron chi connectivity index (χ4n) is 3.35. The zero-order chi connectivity index (χ0) is 16.4. The molecule has 0 fully saturated rings. The maximum Gasteiger partial charge on any atom is 0.192 e. The first-order valence-electron chi connectivity index (χ1n) is 8.37. The molecule has 0 N–H and O–H groups in total. The first-order chi connectivity index (χ1) is 10.3. The summed E-state index contributed by atoms with van der Waals surface area (Å²) in [6, 6.07) is 9.16. The summed E-state index contributed by atoms with van der Waals surface area (Å²) in [7, 11) is 2.35. The third kappa shape index (κ3) is 3.29. The molecule has 0 saturated heterocycles. The molecular formula is C21H28B. The Hall–Kier alpha value is -1.50. The van der Waals surface area contributed by atoms with Gasteiger partial charge in [0, 0.05) is 0 Å². The largest absolute Gasteiger partial charge is 0.192 e. The van der Waals surface area contributed by atoms with E-state index in [-0.39, 0.29) is 0 Å². The molecule has 1 unspecified atom stereocenters. The molecule has 0 saturated carbocycles. The van der Waals surface area contributed by atoms with Crippen LogP contribution in [0.2, 0.25) is 0 Å². The average molecular weight is 291 g/mol. The summed E-state index contributed by atoms with van der Waals surface area (Å²) in [5.74, 6) is 0.635. The van der Waals surface area contributed by atoms with E-state index < -0.39 is 0 Å². The van der Waals surface area contributed by atoms with Crippen molar-refractivity contribution in [1.29, 1.82) is 0 Å². The molecule has 2 aromatic carbocycles. The molecule has 2 rings (SSSR count). The van der Waals surface area contributed by atoms with Crippen molar-refractivity contribution in [2.45, 2.75) is 60.8 Å². The van der Waals surface area contributed by atoms with Crippen molar-refractivity contribution in [2.75, 3.05) is 0 Å². The van der Waals surface area contributed by atoms with E-state index in [1.807, 2.05) is 0 Å². The van der Waals surface area contributed by atoms with Crippen LogP contribution >= 0.6 is 0 Å². The van der Waals surface area contributed by atoms with Gasteiger partial charge in [-0.15, -0.1) is 0 Å². The molecule has 0 aliphatic carbocycles. The van der Waals surface area contributed by atoms with E-state index in [9.17, 15) is 0 Å². The van der Waals surface area contributed by atoms with Gasteiger partial charge in [-0.2, -0.15) is 0 Å². The standard InChI is InChI=1S/C21H28B/c1-8-14(3)19-9-10-20(18(7)17(19)6)22-21-15(4)11-13(2)12-16(21)5/h9-12,14H,8H2,1-7H3. The summed E-state index contributed by atoms with van der Waals surface area (Å²) < 4.78 is 0. The summed E-state index contributed by atoms with van der Waals surface area (Å²) in [6.45, 7) is 15.7. The molecule has 2 aromatic rings. The highest BCUT2D eigenvalue weighted by Gasteiger charge is 2.13. The number of rotatable bonds is 4. The minimum atomic E-state index is 0.635. The third-order valence-corrected chi connectivity index (χ3v) is 5.05. The Morgan fingerprint density at radius 1 is 0.909 bits per heavy atom. The van der Waals surface area contributed by atoms with Crippen molar-refractivity contribution in [3.63, 3.8) is 0 Å². The van der Waals surface area contributed by atoms with E-state index in [0.717, 1.165) is 0 Å². The number of benzene rings is 2. The van der Waals surface area contributed by atoms with Gasteiger partial charge in [-0.25, -0.2) is 0 Å². The van der Waals surface area contributed by atoms with Crippen LogP contribution in [0.5, 0.6) is 0 Å². The van der Waals surface area contributed by atoms with Crippen LogP contribution in [0.25, 0.3) is 0 Å². The predicted molar refractivity (Wildman–Crippen MR) is 100 cm³/mol. The van der Waals surface area contributed by atoms with E-state index in [2.05, 4.69) is 80.0 Å². The van der Waals surface area contributed by atoms with Crippen molar-refractivity contribution in [1.82, 2.24) is 0 Å². The third-order valence-electron chi connectivity index (χ3n) is 5.05. The highest BCUT2D eigenvalue weighted by Crippen LogP contribution is 2.23. The van der Waals surface area contributed by atoms with Crippen molar-refractivity contribution in [3.05, 3.63) is 57.6 Å². The van der Waals surface area contributed by atoms with Crippen LogP contribution in [-0.4, -0.2) is 7.28 Å². The molecule has 0 spiro atoms. The number of hydrogen-bond acceptors (Lipinski definition) is 0. The molecule has 115 valence electrons. The van der Waals surface area contributed by atoms with Crippen molar-refractivity contribution in [3.8, 4) is 0 Å². The van der Waals surface area contributed by atoms with Crippen molar-refractivity contribution < 1.29 is 0 Å². The maximum atomic E-state index is 2.35. The van der Waals surface area contributed by atoms with E-state index in [1.54, 1.807) is 0 Å². The SMILES string of the molecule is CCC(C)c1ccc([B]c2c(C)cc(C)cc2C)c(C)c1C. The van der Waals surface area contributed by atoms with Gasteiger partial charge in [0.15, 0.2) is 7.28 Å². The Labute approximate surface area is 137 Å². The second-order valence-electron chi connectivity index (χ2n) is 6.76. The van der Waals surface area contributed by atoms with Gasteiger partial charge in [-0.3, -0.25) is 0 Å². The molecule has 22 heavy (non-hydrogen) atoms. The van der Waals surface area contributed by atoms with Gasteiger partial charge < -0.3 is 0 Å². The van der Waals surface area contributed by atoms with E-state index in [1.165, 1.54) is 50.7 Å². The second kappa shape index (κ2) is 6.73. The predicted octanol–water partition coefficient (Wildman–Crippen LogP) is 4.40. The lowest BCUT2D eigenvalue weighted by Gasteiger charge is -2.18. The van der Waals surface area contributed by atoms with Crippen LogP contribution < -0.4 is 10.9 Å². The van der Waals surface area contributed by atoms with E-state index >= 15 is 0 Å². The molecular weight excluding hydrogens is 263 g/mol. The highest BCUT2D eigenvalue weighted by atomic mass is 14.1. The smallest absolute Gasteiger partial charge is 0.0783 e. The van der Waals surface area contributed by atoms with Gasteiger partial charge in [0.1, 0.15) is 0 Å². The molecule has 0 aromatic heterocycles.